The zero-order valence-electron chi connectivity index (χ0n) is 13.8. The number of hydrogen-bond acceptors (Lipinski definition) is 5. The average molecular weight is 415 g/mol. The zero-order chi connectivity index (χ0) is 17.0. The van der Waals surface area contributed by atoms with Gasteiger partial charge >= 0.3 is 0 Å². The minimum absolute atomic E-state index is 0.159. The van der Waals surface area contributed by atoms with Crippen LogP contribution in [0.5, 0.6) is 0 Å². The lowest BCUT2D eigenvalue weighted by atomic mass is 9.73. The number of nitrogens with zero attached hydrogens (tertiary/aromatic N) is 3. The van der Waals surface area contributed by atoms with E-state index in [1.54, 1.807) is 17.7 Å². The molecule has 3 aromatic rings. The Bertz CT molecular complexity index is 946. The largest absolute Gasteiger partial charge is 0.355 e. The van der Waals surface area contributed by atoms with Gasteiger partial charge in [0.1, 0.15) is 17.7 Å². The summed E-state index contributed by atoms with van der Waals surface area (Å²) in [5, 5.41) is 2.10. The number of hydrogen-bond donors (Lipinski definition) is 1. The summed E-state index contributed by atoms with van der Waals surface area (Å²) >= 11 is 5.29. The Kier molecular flexibility index (Phi) is 3.62. The molecule has 128 valence electrons. The van der Waals surface area contributed by atoms with Crippen LogP contribution in [-0.2, 0) is 6.42 Å². The topological polar surface area (TPSA) is 55.0 Å². The quantitative estimate of drug-likeness (QED) is 0.644. The third kappa shape index (κ3) is 2.34. The molecule has 1 aromatic carbocycles. The molecule has 1 saturated heterocycles. The van der Waals surface area contributed by atoms with Crippen LogP contribution in [0.1, 0.15) is 30.0 Å². The standard InChI is InChI=1S/C19H19BrN4S/c20-14-10-25-16-15(14)22-11-23-18(16)24-7-5-19(6-8-24)9-12-3-1-2-4-13(12)17(19)21/h1-4,10-11,17H,5-9,21H2/t17-/m1/s1. The maximum atomic E-state index is 6.69. The summed E-state index contributed by atoms with van der Waals surface area (Å²) < 4.78 is 2.22. The first kappa shape index (κ1) is 15.7. The molecule has 3 heterocycles. The van der Waals surface area contributed by atoms with Crippen molar-refractivity contribution in [2.24, 2.45) is 11.1 Å². The molecule has 4 nitrogen and oxygen atoms in total. The van der Waals surface area contributed by atoms with Crippen LogP contribution in [0.15, 0.2) is 40.4 Å². The molecule has 1 aliphatic carbocycles. The van der Waals surface area contributed by atoms with Gasteiger partial charge in [-0.3, -0.25) is 0 Å². The molecule has 1 aliphatic heterocycles. The van der Waals surface area contributed by atoms with Gasteiger partial charge in [-0.2, -0.15) is 0 Å². The Morgan fingerprint density at radius 3 is 2.80 bits per heavy atom. The average Bonchev–Trinajstić information content (AvgIpc) is 3.15. The Morgan fingerprint density at radius 1 is 1.20 bits per heavy atom. The van der Waals surface area contributed by atoms with E-state index in [4.69, 9.17) is 5.73 Å². The summed E-state index contributed by atoms with van der Waals surface area (Å²) in [6.07, 6.45) is 5.01. The maximum Gasteiger partial charge on any atom is 0.150 e. The summed E-state index contributed by atoms with van der Waals surface area (Å²) in [5.41, 5.74) is 10.7. The van der Waals surface area contributed by atoms with Crippen LogP contribution in [0.2, 0.25) is 0 Å². The van der Waals surface area contributed by atoms with E-state index in [9.17, 15) is 0 Å². The number of aromatic nitrogens is 2. The van der Waals surface area contributed by atoms with Gasteiger partial charge in [0.15, 0.2) is 0 Å². The fraction of sp³-hybridized carbons (Fsp3) is 0.368. The summed E-state index contributed by atoms with van der Waals surface area (Å²) in [6, 6.07) is 8.85. The molecule has 0 amide bonds. The zero-order valence-corrected chi connectivity index (χ0v) is 16.2. The summed E-state index contributed by atoms with van der Waals surface area (Å²) in [6.45, 7) is 2.01. The first-order chi connectivity index (χ1) is 12.2. The fourth-order valence-corrected chi connectivity index (χ4v) is 6.11. The predicted octanol–water partition coefficient (Wildman–Crippen LogP) is 4.30. The molecule has 0 radical (unpaired) electrons. The van der Waals surface area contributed by atoms with Gasteiger partial charge in [0.25, 0.3) is 0 Å². The first-order valence-electron chi connectivity index (χ1n) is 8.64. The fourth-order valence-electron chi connectivity index (χ4n) is 4.50. The first-order valence-corrected chi connectivity index (χ1v) is 10.3. The van der Waals surface area contributed by atoms with Crippen molar-refractivity contribution in [3.63, 3.8) is 0 Å². The molecule has 0 bridgehead atoms. The summed E-state index contributed by atoms with van der Waals surface area (Å²) in [4.78, 5) is 11.4. The van der Waals surface area contributed by atoms with Crippen molar-refractivity contribution in [3.8, 4) is 0 Å². The number of anilines is 1. The number of rotatable bonds is 1. The molecular weight excluding hydrogens is 396 g/mol. The van der Waals surface area contributed by atoms with E-state index >= 15 is 0 Å². The maximum absolute atomic E-state index is 6.69. The molecule has 1 fully saturated rings. The van der Waals surface area contributed by atoms with Gasteiger partial charge < -0.3 is 10.6 Å². The molecule has 2 N–H and O–H groups in total. The second kappa shape index (κ2) is 5.76. The second-order valence-corrected chi connectivity index (χ2v) is 8.90. The summed E-state index contributed by atoms with van der Waals surface area (Å²) in [5.74, 6) is 1.07. The van der Waals surface area contributed by atoms with E-state index in [1.165, 1.54) is 15.8 Å². The Labute approximate surface area is 159 Å². The van der Waals surface area contributed by atoms with Crippen molar-refractivity contribution in [2.75, 3.05) is 18.0 Å². The minimum atomic E-state index is 0.159. The van der Waals surface area contributed by atoms with Gasteiger partial charge in [-0.1, -0.05) is 24.3 Å². The van der Waals surface area contributed by atoms with Crippen LogP contribution < -0.4 is 10.6 Å². The van der Waals surface area contributed by atoms with Gasteiger partial charge in [-0.25, -0.2) is 9.97 Å². The molecule has 6 heteroatoms. The van der Waals surface area contributed by atoms with Crippen molar-refractivity contribution in [1.29, 1.82) is 0 Å². The SMILES string of the molecule is N[C@@H]1c2ccccc2CC12CCN(c1ncnc3c(Br)csc13)CC2. The highest BCUT2D eigenvalue weighted by Crippen LogP contribution is 2.51. The highest BCUT2D eigenvalue weighted by molar-refractivity contribution is 9.10. The van der Waals surface area contributed by atoms with Crippen molar-refractivity contribution < 1.29 is 0 Å². The molecule has 0 unspecified atom stereocenters. The Morgan fingerprint density at radius 2 is 2.00 bits per heavy atom. The monoisotopic (exact) mass is 414 g/mol. The third-order valence-electron chi connectivity index (χ3n) is 5.94. The molecule has 2 aliphatic rings. The van der Waals surface area contributed by atoms with Crippen LogP contribution in [0.4, 0.5) is 5.82 Å². The van der Waals surface area contributed by atoms with Gasteiger partial charge in [0.05, 0.1) is 9.17 Å². The number of piperidine rings is 1. The van der Waals surface area contributed by atoms with Gasteiger partial charge in [-0.15, -0.1) is 11.3 Å². The van der Waals surface area contributed by atoms with E-state index in [2.05, 4.69) is 60.4 Å². The minimum Gasteiger partial charge on any atom is -0.355 e. The van der Waals surface area contributed by atoms with Crippen LogP contribution in [0, 0.1) is 5.41 Å². The van der Waals surface area contributed by atoms with Crippen LogP contribution in [0.25, 0.3) is 10.2 Å². The Balaban J connectivity index is 1.42. The van der Waals surface area contributed by atoms with Crippen molar-refractivity contribution in [2.45, 2.75) is 25.3 Å². The van der Waals surface area contributed by atoms with Crippen molar-refractivity contribution in [1.82, 2.24) is 9.97 Å². The number of benzene rings is 1. The van der Waals surface area contributed by atoms with Gasteiger partial charge in [0.2, 0.25) is 0 Å². The lowest BCUT2D eigenvalue weighted by Gasteiger charge is -2.42. The highest BCUT2D eigenvalue weighted by Gasteiger charge is 2.46. The number of nitrogens with two attached hydrogens (primary N) is 1. The molecular formula is C19H19BrN4S. The van der Waals surface area contributed by atoms with Gasteiger partial charge in [0, 0.05) is 24.5 Å². The van der Waals surface area contributed by atoms with E-state index in [1.807, 2.05) is 0 Å². The van der Waals surface area contributed by atoms with Crippen LogP contribution >= 0.6 is 27.3 Å². The number of halogens is 1. The molecule has 5 rings (SSSR count). The lowest BCUT2D eigenvalue weighted by Crippen LogP contribution is -2.44. The van der Waals surface area contributed by atoms with Crippen LogP contribution in [0.3, 0.4) is 0 Å². The molecule has 0 saturated carbocycles. The lowest BCUT2D eigenvalue weighted by molar-refractivity contribution is 0.187. The molecule has 1 atom stereocenters. The summed E-state index contributed by atoms with van der Waals surface area (Å²) in [7, 11) is 0. The van der Waals surface area contributed by atoms with E-state index in [0.717, 1.165) is 48.2 Å². The highest BCUT2D eigenvalue weighted by atomic mass is 79.9. The third-order valence-corrected chi connectivity index (χ3v) is 7.82. The van der Waals surface area contributed by atoms with E-state index in [-0.39, 0.29) is 11.5 Å². The molecule has 2 aromatic heterocycles. The van der Waals surface area contributed by atoms with Crippen LogP contribution in [-0.4, -0.2) is 23.1 Å². The Hall–Kier alpha value is -1.50. The molecule has 1 spiro atoms. The normalized spacial score (nSPS) is 21.8. The number of fused-ring (bicyclic) bond motifs is 2. The predicted molar refractivity (Wildman–Crippen MR) is 106 cm³/mol. The number of thiophene rings is 1. The van der Waals surface area contributed by atoms with Crippen molar-refractivity contribution >= 4 is 43.3 Å². The smallest absolute Gasteiger partial charge is 0.150 e. The second-order valence-electron chi connectivity index (χ2n) is 7.16. The van der Waals surface area contributed by atoms with Crippen molar-refractivity contribution in [3.05, 3.63) is 51.6 Å². The van der Waals surface area contributed by atoms with E-state index < -0.39 is 0 Å². The molecule has 25 heavy (non-hydrogen) atoms. The van der Waals surface area contributed by atoms with Gasteiger partial charge in [-0.05, 0) is 51.7 Å². The van der Waals surface area contributed by atoms with E-state index in [0.29, 0.717) is 0 Å².